The van der Waals surface area contributed by atoms with Crippen LogP contribution in [0.2, 0.25) is 0 Å². The number of aliphatic hydroxyl groups excluding tert-OH is 1. The molecule has 6 heterocycles. The second-order valence-corrected chi connectivity index (χ2v) is 15.2. The van der Waals surface area contributed by atoms with Gasteiger partial charge >= 0.3 is 6.03 Å². The Morgan fingerprint density at radius 3 is 1.89 bits per heavy atom. The van der Waals surface area contributed by atoms with Gasteiger partial charge in [0, 0.05) is 94.6 Å². The van der Waals surface area contributed by atoms with Crippen LogP contribution >= 0.6 is 11.8 Å². The first-order chi connectivity index (χ1) is 26.9. The Kier molecular flexibility index (Phi) is 14.9. The molecule has 14 nitrogen and oxygen atoms in total. The highest BCUT2D eigenvalue weighted by molar-refractivity contribution is 8.00. The summed E-state index contributed by atoms with van der Waals surface area (Å²) in [6.45, 7) is 3.48. The second kappa shape index (κ2) is 20.6. The van der Waals surface area contributed by atoms with Crippen LogP contribution in [0.15, 0.2) is 91.5 Å². The van der Waals surface area contributed by atoms with E-state index in [2.05, 4.69) is 51.0 Å². The maximum absolute atomic E-state index is 12.8. The molecule has 0 saturated carbocycles. The number of rotatable bonds is 21. The molecule has 6 rings (SSSR count). The summed E-state index contributed by atoms with van der Waals surface area (Å²) in [7, 11) is 0. The largest absolute Gasteiger partial charge is 0.390 e. The molecule has 2 aliphatic heterocycles. The van der Waals surface area contributed by atoms with Gasteiger partial charge in [0.15, 0.2) is 0 Å². The van der Waals surface area contributed by atoms with Gasteiger partial charge in [-0.1, -0.05) is 24.6 Å². The first-order valence-electron chi connectivity index (χ1n) is 18.9. The van der Waals surface area contributed by atoms with E-state index in [-0.39, 0.29) is 29.9 Å². The molecule has 4 amide bonds. The predicted octanol–water partition coefficient (Wildman–Crippen LogP) is 2.90. The molecule has 2 saturated heterocycles. The Hall–Kier alpha value is -4.96. The van der Waals surface area contributed by atoms with Gasteiger partial charge in [-0.15, -0.1) is 0 Å². The van der Waals surface area contributed by atoms with Crippen LogP contribution in [0, 0.1) is 0 Å². The van der Waals surface area contributed by atoms with Crippen molar-refractivity contribution in [3.05, 3.63) is 120 Å². The first kappa shape index (κ1) is 39.7. The summed E-state index contributed by atoms with van der Waals surface area (Å²) in [5, 5.41) is 23.5. The molecule has 4 atom stereocenters. The molecule has 15 heteroatoms. The molecule has 0 aromatic carbocycles. The number of hydrogen-bond acceptors (Lipinski definition) is 11. The summed E-state index contributed by atoms with van der Waals surface area (Å²) in [5.74, 6) is 0.623. The highest BCUT2D eigenvalue weighted by Gasteiger charge is 2.42. The number of unbranched alkanes of at least 4 members (excludes halogenated alkanes) is 1. The number of aromatic nitrogens is 4. The Bertz CT molecular complexity index is 1750. The molecule has 4 unspecified atom stereocenters. The third-order valence-corrected chi connectivity index (χ3v) is 11.1. The second-order valence-electron chi connectivity index (χ2n) is 14.0. The van der Waals surface area contributed by atoms with Crippen molar-refractivity contribution in [1.82, 2.24) is 51.0 Å². The molecule has 0 aliphatic carbocycles. The molecule has 2 aliphatic rings. The lowest BCUT2D eigenvalue weighted by Crippen LogP contribution is -2.40. The van der Waals surface area contributed by atoms with Crippen molar-refractivity contribution >= 4 is 29.6 Å². The molecule has 0 bridgehead atoms. The van der Waals surface area contributed by atoms with E-state index >= 15 is 0 Å². The van der Waals surface area contributed by atoms with Gasteiger partial charge in [0.2, 0.25) is 5.91 Å². The van der Waals surface area contributed by atoms with Crippen molar-refractivity contribution in [2.45, 2.75) is 75.3 Å². The van der Waals surface area contributed by atoms with E-state index in [0.29, 0.717) is 69.6 Å². The third-order valence-electron chi connectivity index (χ3n) is 9.56. The monoisotopic (exact) mass is 766 g/mol. The molecular formula is C40H50N10O4S. The van der Waals surface area contributed by atoms with Crippen LogP contribution in [0.25, 0.3) is 0 Å². The third kappa shape index (κ3) is 12.8. The van der Waals surface area contributed by atoms with Gasteiger partial charge in [-0.25, -0.2) is 4.79 Å². The SMILES string of the molecule is O=C(CCCCC1SCC2NC(=O)NC21)NCCNC(=O)c1ccc(CN(Cc2ccccn2)CC(O)CN(Cc2ccccn2)Cc2ccccn2)nc1. The normalized spacial score (nSPS) is 18.1. The lowest BCUT2D eigenvalue weighted by molar-refractivity contribution is -0.121. The van der Waals surface area contributed by atoms with Gasteiger partial charge in [-0.05, 0) is 61.4 Å². The average Bonchev–Trinajstić information content (AvgIpc) is 3.75. The summed E-state index contributed by atoms with van der Waals surface area (Å²) < 4.78 is 0. The number of aliphatic hydroxyl groups is 1. The number of nitrogens with one attached hydrogen (secondary N) is 4. The predicted molar refractivity (Wildman–Crippen MR) is 210 cm³/mol. The van der Waals surface area contributed by atoms with Gasteiger partial charge in [0.1, 0.15) is 0 Å². The molecular weight excluding hydrogens is 717 g/mol. The van der Waals surface area contributed by atoms with Crippen molar-refractivity contribution in [3.63, 3.8) is 0 Å². The smallest absolute Gasteiger partial charge is 0.315 e. The molecule has 0 spiro atoms. The Morgan fingerprint density at radius 1 is 0.764 bits per heavy atom. The van der Waals surface area contributed by atoms with E-state index < -0.39 is 6.10 Å². The number of amides is 4. The van der Waals surface area contributed by atoms with Crippen molar-refractivity contribution in [2.75, 3.05) is 31.9 Å². The molecule has 5 N–H and O–H groups in total. The van der Waals surface area contributed by atoms with Crippen LogP contribution in [-0.4, -0.2) is 108 Å². The lowest BCUT2D eigenvalue weighted by Gasteiger charge is -2.29. The Morgan fingerprint density at radius 2 is 1.35 bits per heavy atom. The number of carbonyl (C=O) groups excluding carboxylic acids is 3. The number of nitrogens with zero attached hydrogens (tertiary/aromatic N) is 6. The molecule has 55 heavy (non-hydrogen) atoms. The number of carbonyl (C=O) groups is 3. The van der Waals surface area contributed by atoms with Crippen molar-refractivity contribution < 1.29 is 19.5 Å². The zero-order valence-corrected chi connectivity index (χ0v) is 31.7. The van der Waals surface area contributed by atoms with Crippen LogP contribution < -0.4 is 21.3 Å². The van der Waals surface area contributed by atoms with E-state index in [9.17, 15) is 19.5 Å². The van der Waals surface area contributed by atoms with Crippen LogP contribution in [0.1, 0.15) is 58.8 Å². The number of hydrogen-bond donors (Lipinski definition) is 5. The summed E-state index contributed by atoms with van der Waals surface area (Å²) >= 11 is 1.88. The summed E-state index contributed by atoms with van der Waals surface area (Å²) in [5.41, 5.74) is 3.87. The summed E-state index contributed by atoms with van der Waals surface area (Å²) in [4.78, 5) is 59.1. The standard InChI is InChI=1S/C40H50N10O4S/c51-34(26-49(22-30-9-3-6-16-41-30)23-31-10-4-7-17-42-31)27-50(24-32-11-5-8-18-43-32)25-33-15-14-29(21-46-33)39(53)45-20-19-44-37(52)13-2-1-12-36-38-35(28-55-36)47-40(54)48-38/h3-11,14-18,21,34-36,38,51H,1-2,12-13,19-20,22-28H2,(H,44,52)(H,45,53)(H2,47,48,54). The minimum Gasteiger partial charge on any atom is -0.390 e. The van der Waals surface area contributed by atoms with Crippen LogP contribution in [0.4, 0.5) is 4.79 Å². The van der Waals surface area contributed by atoms with Crippen LogP contribution in [0.5, 0.6) is 0 Å². The van der Waals surface area contributed by atoms with Crippen LogP contribution in [0.3, 0.4) is 0 Å². The number of pyridine rings is 4. The van der Waals surface area contributed by atoms with E-state index in [4.69, 9.17) is 0 Å². The number of thioether (sulfide) groups is 1. The van der Waals surface area contributed by atoms with Gasteiger partial charge in [-0.3, -0.25) is 39.3 Å². The Labute approximate surface area is 326 Å². The van der Waals surface area contributed by atoms with Gasteiger partial charge < -0.3 is 26.4 Å². The molecule has 4 aromatic heterocycles. The highest BCUT2D eigenvalue weighted by atomic mass is 32.2. The zero-order valence-electron chi connectivity index (χ0n) is 30.9. The topological polar surface area (TPSA) is 178 Å². The maximum Gasteiger partial charge on any atom is 0.315 e. The molecule has 0 radical (unpaired) electrons. The number of fused-ring (bicyclic) bond motifs is 1. The van der Waals surface area contributed by atoms with E-state index in [1.165, 1.54) is 0 Å². The summed E-state index contributed by atoms with van der Waals surface area (Å²) in [6.07, 6.45) is 9.25. The quantitative estimate of drug-likeness (QED) is 0.0623. The Balaban J connectivity index is 0.945. The van der Waals surface area contributed by atoms with E-state index in [1.807, 2.05) is 72.4 Å². The fourth-order valence-electron chi connectivity index (χ4n) is 6.91. The van der Waals surface area contributed by atoms with Crippen LogP contribution in [-0.2, 0) is 31.0 Å². The van der Waals surface area contributed by atoms with Gasteiger partial charge in [0.25, 0.3) is 5.91 Å². The molecule has 2 fully saturated rings. The first-order valence-corrected chi connectivity index (χ1v) is 19.9. The van der Waals surface area contributed by atoms with Crippen molar-refractivity contribution in [3.8, 4) is 0 Å². The van der Waals surface area contributed by atoms with E-state index in [1.54, 1.807) is 30.9 Å². The number of urea groups is 1. The van der Waals surface area contributed by atoms with Crippen molar-refractivity contribution in [2.24, 2.45) is 0 Å². The fourth-order valence-corrected chi connectivity index (χ4v) is 8.45. The molecule has 4 aromatic rings. The summed E-state index contributed by atoms with van der Waals surface area (Å²) in [6, 6.07) is 21.3. The zero-order chi connectivity index (χ0) is 38.2. The maximum atomic E-state index is 12.8. The lowest BCUT2D eigenvalue weighted by atomic mass is 10.0. The van der Waals surface area contributed by atoms with E-state index in [0.717, 1.165) is 47.8 Å². The molecule has 290 valence electrons. The van der Waals surface area contributed by atoms with Gasteiger partial charge in [0.05, 0.1) is 46.5 Å². The average molecular weight is 767 g/mol. The van der Waals surface area contributed by atoms with Crippen molar-refractivity contribution in [1.29, 1.82) is 0 Å². The highest BCUT2D eigenvalue weighted by Crippen LogP contribution is 2.33. The minimum absolute atomic E-state index is 0.0393. The fraction of sp³-hybridized carbons (Fsp3) is 0.425. The minimum atomic E-state index is -0.694. The van der Waals surface area contributed by atoms with Gasteiger partial charge in [-0.2, -0.15) is 11.8 Å².